The van der Waals surface area contributed by atoms with Crippen LogP contribution >= 0.6 is 0 Å². The van der Waals surface area contributed by atoms with E-state index in [9.17, 15) is 9.59 Å². The maximum absolute atomic E-state index is 12.2. The van der Waals surface area contributed by atoms with E-state index in [1.807, 2.05) is 24.3 Å². The van der Waals surface area contributed by atoms with Gasteiger partial charge in [-0.1, -0.05) is 31.4 Å². The molecule has 0 bridgehead atoms. The molecule has 5 heteroatoms. The average Bonchev–Trinajstić information content (AvgIpc) is 3.15. The molecule has 130 valence electrons. The number of anilines is 1. The molecule has 3 N–H and O–H groups in total. The molecule has 2 amide bonds. The number of amides is 2. The number of carbonyl (C=O) groups excluding carboxylic acids is 2. The molecule has 5 nitrogen and oxygen atoms in total. The van der Waals surface area contributed by atoms with Gasteiger partial charge in [0, 0.05) is 18.2 Å². The summed E-state index contributed by atoms with van der Waals surface area (Å²) in [4.78, 5) is 24.4. The number of hydrogen-bond acceptors (Lipinski definition) is 3. The molecule has 0 radical (unpaired) electrons. The standard InChI is InChI=1S/C19H27N3O2/c23-18(15-7-1-2-8-15)22-16-9-5-6-14(12-16)13-21-19(24)17-10-3-4-11-20-17/h5-6,9,12,15,17,20H,1-4,7-8,10-11,13H2,(H,21,24)(H,22,23). The summed E-state index contributed by atoms with van der Waals surface area (Å²) in [7, 11) is 0. The van der Waals surface area contributed by atoms with Gasteiger partial charge in [0.1, 0.15) is 0 Å². The topological polar surface area (TPSA) is 70.2 Å². The van der Waals surface area contributed by atoms with E-state index >= 15 is 0 Å². The number of hydrogen-bond donors (Lipinski definition) is 3. The third-order valence-corrected chi connectivity index (χ3v) is 5.01. The van der Waals surface area contributed by atoms with Gasteiger partial charge in [0.15, 0.2) is 0 Å². The first-order chi connectivity index (χ1) is 11.7. The summed E-state index contributed by atoms with van der Waals surface area (Å²) in [6, 6.07) is 7.68. The Morgan fingerprint density at radius 1 is 1.04 bits per heavy atom. The molecule has 3 rings (SSSR count). The van der Waals surface area contributed by atoms with E-state index < -0.39 is 0 Å². The zero-order valence-corrected chi connectivity index (χ0v) is 14.1. The number of rotatable bonds is 5. The van der Waals surface area contributed by atoms with E-state index in [1.54, 1.807) is 0 Å². The van der Waals surface area contributed by atoms with Crippen molar-refractivity contribution in [1.29, 1.82) is 0 Å². The zero-order chi connectivity index (χ0) is 16.8. The second-order valence-electron chi connectivity index (χ2n) is 6.89. The van der Waals surface area contributed by atoms with Gasteiger partial charge >= 0.3 is 0 Å². The van der Waals surface area contributed by atoms with Crippen LogP contribution in [-0.2, 0) is 16.1 Å². The highest BCUT2D eigenvalue weighted by atomic mass is 16.2. The highest BCUT2D eigenvalue weighted by molar-refractivity contribution is 5.92. The summed E-state index contributed by atoms with van der Waals surface area (Å²) in [5.41, 5.74) is 1.82. The quantitative estimate of drug-likeness (QED) is 0.777. The van der Waals surface area contributed by atoms with Crippen molar-refractivity contribution in [1.82, 2.24) is 10.6 Å². The fraction of sp³-hybridized carbons (Fsp3) is 0.579. The molecule has 0 spiro atoms. The molecule has 1 saturated carbocycles. The lowest BCUT2D eigenvalue weighted by atomic mass is 10.0. The molecule has 0 aromatic heterocycles. The molecule has 24 heavy (non-hydrogen) atoms. The van der Waals surface area contributed by atoms with Gasteiger partial charge in [-0.2, -0.15) is 0 Å². The van der Waals surface area contributed by atoms with E-state index in [0.717, 1.165) is 62.7 Å². The molecule has 1 saturated heterocycles. The van der Waals surface area contributed by atoms with Crippen molar-refractivity contribution in [2.24, 2.45) is 5.92 Å². The van der Waals surface area contributed by atoms with Gasteiger partial charge in [0.25, 0.3) is 0 Å². The van der Waals surface area contributed by atoms with Gasteiger partial charge < -0.3 is 16.0 Å². The lowest BCUT2D eigenvalue weighted by Crippen LogP contribution is -2.46. The Morgan fingerprint density at radius 2 is 1.83 bits per heavy atom. The van der Waals surface area contributed by atoms with Crippen LogP contribution in [0.2, 0.25) is 0 Å². The molecule has 1 aliphatic heterocycles. The van der Waals surface area contributed by atoms with Crippen molar-refractivity contribution in [2.45, 2.75) is 57.5 Å². The minimum Gasteiger partial charge on any atom is -0.351 e. The van der Waals surface area contributed by atoms with Gasteiger partial charge in [-0.3, -0.25) is 9.59 Å². The van der Waals surface area contributed by atoms with Crippen molar-refractivity contribution in [2.75, 3.05) is 11.9 Å². The molecule has 1 unspecified atom stereocenters. The summed E-state index contributed by atoms with van der Waals surface area (Å²) in [5, 5.41) is 9.26. The van der Waals surface area contributed by atoms with Gasteiger partial charge in [0.2, 0.25) is 11.8 Å². The first-order valence-corrected chi connectivity index (χ1v) is 9.13. The summed E-state index contributed by atoms with van der Waals surface area (Å²) >= 11 is 0. The fourth-order valence-corrected chi connectivity index (χ4v) is 3.58. The van der Waals surface area contributed by atoms with E-state index in [2.05, 4.69) is 16.0 Å². The second-order valence-corrected chi connectivity index (χ2v) is 6.89. The SMILES string of the molecule is O=C(Nc1cccc(CNC(=O)C2CCCCN2)c1)C1CCCC1. The van der Waals surface area contributed by atoms with E-state index in [1.165, 1.54) is 0 Å². The number of benzene rings is 1. The van der Waals surface area contributed by atoms with Crippen LogP contribution in [0.5, 0.6) is 0 Å². The van der Waals surface area contributed by atoms with E-state index in [4.69, 9.17) is 0 Å². The third kappa shape index (κ3) is 4.57. The van der Waals surface area contributed by atoms with Crippen LogP contribution in [0.15, 0.2) is 24.3 Å². The molecule has 1 aliphatic carbocycles. The van der Waals surface area contributed by atoms with Crippen LogP contribution in [-0.4, -0.2) is 24.4 Å². The Morgan fingerprint density at radius 3 is 2.58 bits per heavy atom. The Labute approximate surface area is 143 Å². The van der Waals surface area contributed by atoms with Crippen molar-refractivity contribution in [3.05, 3.63) is 29.8 Å². The van der Waals surface area contributed by atoms with Gasteiger partial charge in [0.05, 0.1) is 6.04 Å². The largest absolute Gasteiger partial charge is 0.351 e. The molecule has 2 aliphatic rings. The average molecular weight is 329 g/mol. The Kier molecular flexibility index (Phi) is 5.86. The van der Waals surface area contributed by atoms with Crippen LogP contribution in [0.3, 0.4) is 0 Å². The molecular formula is C19H27N3O2. The van der Waals surface area contributed by atoms with Gasteiger partial charge in [-0.25, -0.2) is 0 Å². The number of nitrogens with one attached hydrogen (secondary N) is 3. The minimum absolute atomic E-state index is 0.0649. The summed E-state index contributed by atoms with van der Waals surface area (Å²) in [5.74, 6) is 0.348. The summed E-state index contributed by atoms with van der Waals surface area (Å²) in [6.07, 6.45) is 7.45. The Balaban J connectivity index is 1.51. The molecule has 1 atom stereocenters. The summed E-state index contributed by atoms with van der Waals surface area (Å²) in [6.45, 7) is 1.41. The van der Waals surface area contributed by atoms with Crippen LogP contribution in [0.25, 0.3) is 0 Å². The Hall–Kier alpha value is -1.88. The minimum atomic E-state index is -0.0657. The number of carbonyl (C=O) groups is 2. The molecule has 1 aromatic rings. The highest BCUT2D eigenvalue weighted by Crippen LogP contribution is 2.26. The van der Waals surface area contributed by atoms with Gasteiger partial charge in [-0.15, -0.1) is 0 Å². The predicted molar refractivity (Wildman–Crippen MR) is 94.5 cm³/mol. The fourth-order valence-electron chi connectivity index (χ4n) is 3.58. The van der Waals surface area contributed by atoms with Crippen LogP contribution in [0.1, 0.15) is 50.5 Å². The van der Waals surface area contributed by atoms with Crippen LogP contribution in [0, 0.1) is 5.92 Å². The van der Waals surface area contributed by atoms with E-state index in [0.29, 0.717) is 6.54 Å². The lowest BCUT2D eigenvalue weighted by Gasteiger charge is -2.22. The van der Waals surface area contributed by atoms with Crippen LogP contribution < -0.4 is 16.0 Å². The van der Waals surface area contributed by atoms with Crippen molar-refractivity contribution >= 4 is 17.5 Å². The summed E-state index contributed by atoms with van der Waals surface area (Å²) < 4.78 is 0. The maximum Gasteiger partial charge on any atom is 0.237 e. The van der Waals surface area contributed by atoms with Crippen molar-refractivity contribution in [3.8, 4) is 0 Å². The number of piperidine rings is 1. The Bertz CT molecular complexity index is 576. The van der Waals surface area contributed by atoms with Crippen LogP contribution in [0.4, 0.5) is 5.69 Å². The second kappa shape index (κ2) is 8.29. The molecule has 1 aromatic carbocycles. The molecule has 2 fully saturated rings. The van der Waals surface area contributed by atoms with Gasteiger partial charge in [-0.05, 0) is 49.9 Å². The zero-order valence-electron chi connectivity index (χ0n) is 14.1. The maximum atomic E-state index is 12.2. The van der Waals surface area contributed by atoms with Crippen molar-refractivity contribution in [3.63, 3.8) is 0 Å². The molecular weight excluding hydrogens is 302 g/mol. The van der Waals surface area contributed by atoms with E-state index in [-0.39, 0.29) is 23.8 Å². The predicted octanol–water partition coefficient (Wildman–Crippen LogP) is 2.57. The molecule has 1 heterocycles. The lowest BCUT2D eigenvalue weighted by molar-refractivity contribution is -0.124. The normalized spacial score (nSPS) is 21.4. The van der Waals surface area contributed by atoms with Crippen molar-refractivity contribution < 1.29 is 9.59 Å². The highest BCUT2D eigenvalue weighted by Gasteiger charge is 2.23. The first kappa shape index (κ1) is 17.0. The first-order valence-electron chi connectivity index (χ1n) is 9.13. The monoisotopic (exact) mass is 329 g/mol. The smallest absolute Gasteiger partial charge is 0.237 e. The third-order valence-electron chi connectivity index (χ3n) is 5.01.